The molecule has 0 N–H and O–H groups in total. The number of furan rings is 1. The first-order valence-corrected chi connectivity index (χ1v) is 31.5. The highest BCUT2D eigenvalue weighted by atomic mass is 16.3. The number of anilines is 4. The Kier molecular flexibility index (Phi) is 12.0. The molecular weight excluding hydrogens is 937 g/mol. The fourth-order valence-electron chi connectivity index (χ4n) is 20.9. The van der Waals surface area contributed by atoms with Crippen LogP contribution in [0, 0.1) is 47.3 Å². The number of piperazine rings is 2. The Morgan fingerprint density at radius 3 is 1.06 bits per heavy atom. The molecule has 6 aromatic carbocycles. The van der Waals surface area contributed by atoms with E-state index in [1.807, 2.05) is 0 Å². The second-order valence-electron chi connectivity index (χ2n) is 26.4. The maximum Gasteiger partial charge on any atom is 0.138 e. The first-order valence-electron chi connectivity index (χ1n) is 31.5. The fourth-order valence-corrected chi connectivity index (χ4v) is 20.9. The Labute approximate surface area is 459 Å². The van der Waals surface area contributed by atoms with Gasteiger partial charge in [0.15, 0.2) is 0 Å². The van der Waals surface area contributed by atoms with E-state index in [0.29, 0.717) is 66.1 Å². The van der Waals surface area contributed by atoms with Crippen molar-refractivity contribution in [1.82, 2.24) is 0 Å². The van der Waals surface area contributed by atoms with Gasteiger partial charge in [0, 0.05) is 57.7 Å². The van der Waals surface area contributed by atoms with E-state index in [4.69, 9.17) is 4.42 Å². The Morgan fingerprint density at radius 2 is 0.623 bits per heavy atom. The van der Waals surface area contributed by atoms with Gasteiger partial charge in [-0.2, -0.15) is 0 Å². The van der Waals surface area contributed by atoms with Gasteiger partial charge in [0.05, 0.1) is 24.2 Å². The average molecular weight is 1020 g/mol. The maximum atomic E-state index is 7.00. The van der Waals surface area contributed by atoms with Crippen LogP contribution in [-0.4, -0.2) is 48.3 Å². The molecule has 77 heavy (non-hydrogen) atoms. The molecule has 5 nitrogen and oxygen atoms in total. The zero-order valence-electron chi connectivity index (χ0n) is 45.5. The van der Waals surface area contributed by atoms with Crippen LogP contribution in [0.1, 0.15) is 133 Å². The minimum Gasteiger partial charge on any atom is -0.456 e. The monoisotopic (exact) mass is 1020 g/mol. The molecule has 3 heterocycles. The molecule has 9 aliphatic rings. The van der Waals surface area contributed by atoms with Crippen LogP contribution < -0.4 is 19.6 Å². The molecule has 0 bridgehead atoms. The molecule has 7 aromatic rings. The molecule has 7 saturated carbocycles. The summed E-state index contributed by atoms with van der Waals surface area (Å²) in [7, 11) is 0. The lowest BCUT2D eigenvalue weighted by atomic mass is 9.45. The molecule has 0 spiro atoms. The van der Waals surface area contributed by atoms with Crippen LogP contribution in [-0.2, 0) is 0 Å². The van der Waals surface area contributed by atoms with Crippen LogP contribution in [0.5, 0.6) is 0 Å². The number of fused-ring (bicyclic) bond motifs is 15. The Bertz CT molecular complexity index is 3110. The van der Waals surface area contributed by atoms with Gasteiger partial charge in [0.1, 0.15) is 11.2 Å². The SMILES string of the molecule is c1ccc(N2C3CCCCC3N(c3ccccc3)C3CC4C5CCC(c6cccc7c6oc6ccccc67)CC5C5CC6C(CC5C5CCCCC5C4CC32)N(c2ccccc2)C2CCCCC2N6c2ccccc2)cc1. The number of para-hydroxylation sites is 6. The van der Waals surface area contributed by atoms with E-state index in [1.54, 1.807) is 0 Å². The van der Waals surface area contributed by atoms with Gasteiger partial charge in [-0.25, -0.2) is 0 Å². The lowest BCUT2D eigenvalue weighted by molar-refractivity contribution is -0.0953. The van der Waals surface area contributed by atoms with Crippen LogP contribution in [0.3, 0.4) is 0 Å². The van der Waals surface area contributed by atoms with Crippen molar-refractivity contribution in [2.24, 2.45) is 47.3 Å². The number of benzene rings is 6. The topological polar surface area (TPSA) is 26.1 Å². The lowest BCUT2D eigenvalue weighted by Gasteiger charge is -2.67. The third-order valence-electron chi connectivity index (χ3n) is 23.4. The third-order valence-corrected chi connectivity index (χ3v) is 23.4. The van der Waals surface area contributed by atoms with Gasteiger partial charge in [-0.1, -0.05) is 148 Å². The first kappa shape index (κ1) is 47.3. The Hall–Kier alpha value is -5.68. The van der Waals surface area contributed by atoms with Crippen molar-refractivity contribution in [2.45, 2.75) is 176 Å². The van der Waals surface area contributed by atoms with Gasteiger partial charge < -0.3 is 24.0 Å². The van der Waals surface area contributed by atoms with E-state index >= 15 is 0 Å². The zero-order valence-corrected chi connectivity index (χ0v) is 45.5. The summed E-state index contributed by atoms with van der Waals surface area (Å²) in [5, 5.41) is 2.58. The second-order valence-corrected chi connectivity index (χ2v) is 26.4. The van der Waals surface area contributed by atoms with E-state index in [2.05, 4.69) is 183 Å². The summed E-state index contributed by atoms with van der Waals surface area (Å²) in [5.41, 5.74) is 9.67. The molecule has 1 aromatic heterocycles. The van der Waals surface area contributed by atoms with E-state index in [9.17, 15) is 0 Å². The summed E-state index contributed by atoms with van der Waals surface area (Å²) >= 11 is 0. The van der Waals surface area contributed by atoms with Crippen molar-refractivity contribution in [3.63, 3.8) is 0 Å². The molecule has 396 valence electrons. The third kappa shape index (κ3) is 7.79. The number of hydrogen-bond acceptors (Lipinski definition) is 5. The summed E-state index contributed by atoms with van der Waals surface area (Å²) in [5.74, 6) is 6.42. The highest BCUT2D eigenvalue weighted by Gasteiger charge is 2.62. The van der Waals surface area contributed by atoms with Gasteiger partial charge in [0.25, 0.3) is 0 Å². The predicted octanol–water partition coefficient (Wildman–Crippen LogP) is 17.1. The van der Waals surface area contributed by atoms with Crippen LogP contribution in [0.15, 0.2) is 168 Å². The van der Waals surface area contributed by atoms with Gasteiger partial charge in [0.2, 0.25) is 0 Å². The van der Waals surface area contributed by atoms with Crippen LogP contribution in [0.25, 0.3) is 21.9 Å². The quantitative estimate of drug-likeness (QED) is 0.160. The minimum absolute atomic E-state index is 0.487. The van der Waals surface area contributed by atoms with Crippen molar-refractivity contribution < 1.29 is 4.42 Å². The largest absolute Gasteiger partial charge is 0.456 e. The lowest BCUT2D eigenvalue weighted by Crippen LogP contribution is -2.73. The predicted molar refractivity (Wildman–Crippen MR) is 318 cm³/mol. The van der Waals surface area contributed by atoms with Crippen LogP contribution >= 0.6 is 0 Å². The maximum absolute atomic E-state index is 7.00. The number of nitrogens with zero attached hydrogens (tertiary/aromatic N) is 4. The molecule has 0 amide bonds. The van der Waals surface area contributed by atoms with Gasteiger partial charge in [-0.15, -0.1) is 0 Å². The number of rotatable bonds is 5. The van der Waals surface area contributed by atoms with E-state index in [1.165, 1.54) is 167 Å². The molecule has 0 radical (unpaired) electrons. The molecule has 2 aliphatic heterocycles. The summed E-state index contributed by atoms with van der Waals surface area (Å²) < 4.78 is 7.00. The van der Waals surface area contributed by atoms with E-state index in [-0.39, 0.29) is 0 Å². The smallest absolute Gasteiger partial charge is 0.138 e. The van der Waals surface area contributed by atoms with Gasteiger partial charge in [-0.3, -0.25) is 0 Å². The summed E-state index contributed by atoms with van der Waals surface area (Å²) in [4.78, 5) is 12.4. The first-order chi connectivity index (χ1) is 38.2. The molecule has 2 saturated heterocycles. The molecular formula is C72H82N4O. The van der Waals surface area contributed by atoms with Gasteiger partial charge >= 0.3 is 0 Å². The number of hydrogen-bond donors (Lipinski definition) is 0. The molecule has 7 aliphatic carbocycles. The molecule has 9 fully saturated rings. The zero-order chi connectivity index (χ0) is 50.6. The van der Waals surface area contributed by atoms with Gasteiger partial charge in [-0.05, 0) is 197 Å². The molecule has 17 atom stereocenters. The van der Waals surface area contributed by atoms with Crippen molar-refractivity contribution in [1.29, 1.82) is 0 Å². The summed E-state index contributed by atoms with van der Waals surface area (Å²) in [6.07, 6.45) is 25.6. The van der Waals surface area contributed by atoms with Crippen LogP contribution in [0.4, 0.5) is 22.7 Å². The Balaban J connectivity index is 0.866. The summed E-state index contributed by atoms with van der Waals surface area (Å²) in [6, 6.07) is 68.0. The van der Waals surface area contributed by atoms with Crippen molar-refractivity contribution in [2.75, 3.05) is 19.6 Å². The average Bonchev–Trinajstić information content (AvgIpc) is 3.98. The molecule has 5 heteroatoms. The standard InChI is InChI=1S/C72H82N4O/c1-5-22-48(23-6-1)73-63-35-16-17-36-64(63)75(50-26-9-3-10-27-50)69-45-61-55-41-40-47(52-33-21-34-57-56-32-15-20-39-71(56)77-72(52)57)42-58(55)62-46-70-68(44-60(62)54-31-14-13-30-53(54)59(61)43-67(69)73)74(49-24-7-2-8-25-49)65-37-18-19-38-66(65)76(70)51-28-11-4-12-29-51/h1-12,15,20-29,32-34,39,47,53-55,58-70H,13-14,16-19,30-31,35-38,40-46H2. The highest BCUT2D eigenvalue weighted by Crippen LogP contribution is 2.65. The second kappa shape index (κ2) is 19.6. The van der Waals surface area contributed by atoms with Crippen molar-refractivity contribution >= 4 is 44.7 Å². The minimum atomic E-state index is 0.487. The molecule has 16 rings (SSSR count). The normalized spacial score (nSPS) is 36.6. The van der Waals surface area contributed by atoms with Crippen molar-refractivity contribution in [3.8, 4) is 0 Å². The molecule has 17 unspecified atom stereocenters. The van der Waals surface area contributed by atoms with E-state index in [0.717, 1.165) is 41.1 Å². The van der Waals surface area contributed by atoms with Crippen LogP contribution in [0.2, 0.25) is 0 Å². The fraction of sp³-hybridized carbons (Fsp3) is 0.500. The Morgan fingerprint density at radius 1 is 0.273 bits per heavy atom. The van der Waals surface area contributed by atoms with Crippen molar-refractivity contribution in [3.05, 3.63) is 169 Å². The highest BCUT2D eigenvalue weighted by molar-refractivity contribution is 6.06. The summed E-state index contributed by atoms with van der Waals surface area (Å²) in [6.45, 7) is 0. The van der Waals surface area contributed by atoms with E-state index < -0.39 is 0 Å².